The molecule has 0 atom stereocenters. The van der Waals surface area contributed by atoms with Gasteiger partial charge < -0.3 is 15.5 Å². The fourth-order valence-corrected chi connectivity index (χ4v) is 2.46. The van der Waals surface area contributed by atoms with E-state index in [-0.39, 0.29) is 18.2 Å². The zero-order valence-electron chi connectivity index (χ0n) is 13.3. The zero-order valence-corrected chi connectivity index (χ0v) is 13.3. The van der Waals surface area contributed by atoms with E-state index < -0.39 is 18.6 Å². The second-order valence-corrected chi connectivity index (χ2v) is 5.70. The van der Waals surface area contributed by atoms with Gasteiger partial charge in [0.05, 0.1) is 5.92 Å². The third-order valence-electron chi connectivity index (χ3n) is 3.83. The summed E-state index contributed by atoms with van der Waals surface area (Å²) in [5, 5.41) is 5.32. The van der Waals surface area contributed by atoms with Crippen LogP contribution in [0.1, 0.15) is 18.9 Å². The highest BCUT2D eigenvalue weighted by Gasteiger charge is 2.35. The lowest BCUT2D eigenvalue weighted by Gasteiger charge is -2.38. The van der Waals surface area contributed by atoms with Crippen LogP contribution in [-0.2, 0) is 11.2 Å². The maximum absolute atomic E-state index is 12.4. The van der Waals surface area contributed by atoms with Crippen LogP contribution < -0.4 is 10.6 Å². The van der Waals surface area contributed by atoms with Crippen LogP contribution in [0.5, 0.6) is 0 Å². The molecule has 0 saturated carbocycles. The zero-order chi connectivity index (χ0) is 17.7. The lowest BCUT2D eigenvalue weighted by Crippen LogP contribution is -2.56. The summed E-state index contributed by atoms with van der Waals surface area (Å²) < 4.78 is 37.1. The van der Waals surface area contributed by atoms with Crippen LogP contribution in [0.4, 0.5) is 23.7 Å². The van der Waals surface area contributed by atoms with Crippen molar-refractivity contribution in [2.24, 2.45) is 5.92 Å². The number of halogens is 3. The molecule has 2 rings (SSSR count). The van der Waals surface area contributed by atoms with E-state index >= 15 is 0 Å². The topological polar surface area (TPSA) is 61.4 Å². The highest BCUT2D eigenvalue weighted by atomic mass is 19.4. The number of nitrogens with one attached hydrogen (secondary N) is 2. The Bertz CT molecular complexity index is 598. The van der Waals surface area contributed by atoms with E-state index in [1.807, 2.05) is 6.92 Å². The van der Waals surface area contributed by atoms with Crippen molar-refractivity contribution >= 4 is 17.6 Å². The normalized spacial score (nSPS) is 14.9. The van der Waals surface area contributed by atoms with Gasteiger partial charge in [0, 0.05) is 31.7 Å². The Balaban J connectivity index is 1.90. The Morgan fingerprint density at radius 1 is 1.25 bits per heavy atom. The predicted octanol–water partition coefficient (Wildman–Crippen LogP) is 2.78. The SMILES string of the molecule is CCNC(=O)C1CN(C(=O)Nc2ccccc2CCC(F)(F)F)C1. The van der Waals surface area contributed by atoms with Crippen LogP contribution in [0.25, 0.3) is 0 Å². The second kappa shape index (κ2) is 7.55. The minimum atomic E-state index is -4.24. The Hall–Kier alpha value is -2.25. The monoisotopic (exact) mass is 343 g/mol. The highest BCUT2D eigenvalue weighted by molar-refractivity contribution is 5.92. The molecule has 5 nitrogen and oxygen atoms in total. The van der Waals surface area contributed by atoms with E-state index in [1.54, 1.807) is 24.3 Å². The van der Waals surface area contributed by atoms with E-state index in [4.69, 9.17) is 0 Å². The molecule has 24 heavy (non-hydrogen) atoms. The third kappa shape index (κ3) is 4.87. The first kappa shape index (κ1) is 18.1. The number of benzene rings is 1. The van der Waals surface area contributed by atoms with Crippen molar-refractivity contribution in [1.82, 2.24) is 10.2 Å². The lowest BCUT2D eigenvalue weighted by atomic mass is 10.00. The van der Waals surface area contributed by atoms with Crippen LogP contribution >= 0.6 is 0 Å². The molecule has 3 amide bonds. The summed E-state index contributed by atoms with van der Waals surface area (Å²) in [7, 11) is 0. The summed E-state index contributed by atoms with van der Waals surface area (Å²) in [6, 6.07) is 6.02. The first-order valence-electron chi connectivity index (χ1n) is 7.78. The number of nitrogens with zero attached hydrogens (tertiary/aromatic N) is 1. The van der Waals surface area contributed by atoms with Crippen molar-refractivity contribution in [3.63, 3.8) is 0 Å². The standard InChI is InChI=1S/C16H20F3N3O2/c1-2-20-14(23)12-9-22(10-12)15(24)21-13-6-4-3-5-11(13)7-8-16(17,18)19/h3-6,12H,2,7-10H2,1H3,(H,20,23)(H,21,24). The fraction of sp³-hybridized carbons (Fsp3) is 0.500. The molecular formula is C16H20F3N3O2. The van der Waals surface area contributed by atoms with Crippen molar-refractivity contribution in [2.45, 2.75) is 25.9 Å². The summed E-state index contributed by atoms with van der Waals surface area (Å²) in [6.07, 6.45) is -5.38. The number of alkyl halides is 3. The summed E-state index contributed by atoms with van der Waals surface area (Å²) in [6.45, 7) is 2.97. The second-order valence-electron chi connectivity index (χ2n) is 5.70. The minimum Gasteiger partial charge on any atom is -0.356 e. The summed E-state index contributed by atoms with van der Waals surface area (Å²) in [5.41, 5.74) is 0.803. The average Bonchev–Trinajstić information content (AvgIpc) is 2.44. The van der Waals surface area contributed by atoms with Crippen molar-refractivity contribution in [3.05, 3.63) is 29.8 Å². The van der Waals surface area contributed by atoms with Crippen LogP contribution in [0.3, 0.4) is 0 Å². The fourth-order valence-electron chi connectivity index (χ4n) is 2.46. The molecule has 0 unspecified atom stereocenters. The van der Waals surface area contributed by atoms with Gasteiger partial charge in [-0.25, -0.2) is 4.79 Å². The van der Waals surface area contributed by atoms with Crippen LogP contribution in [-0.4, -0.2) is 42.6 Å². The number of amides is 3. The number of hydrogen-bond acceptors (Lipinski definition) is 2. The number of rotatable bonds is 5. The predicted molar refractivity (Wildman–Crippen MR) is 83.6 cm³/mol. The number of urea groups is 1. The van der Waals surface area contributed by atoms with Crippen LogP contribution in [0, 0.1) is 5.92 Å². The van der Waals surface area contributed by atoms with E-state index in [2.05, 4.69) is 10.6 Å². The van der Waals surface area contributed by atoms with Gasteiger partial charge in [0.1, 0.15) is 0 Å². The molecule has 1 fully saturated rings. The van der Waals surface area contributed by atoms with Gasteiger partial charge in [0.25, 0.3) is 0 Å². The Morgan fingerprint density at radius 3 is 2.54 bits per heavy atom. The van der Waals surface area contributed by atoms with Gasteiger partial charge in [-0.2, -0.15) is 13.2 Å². The van der Waals surface area contributed by atoms with E-state index in [9.17, 15) is 22.8 Å². The maximum atomic E-state index is 12.4. The van der Waals surface area contributed by atoms with Gasteiger partial charge in [-0.1, -0.05) is 18.2 Å². The highest BCUT2D eigenvalue weighted by Crippen LogP contribution is 2.26. The quantitative estimate of drug-likeness (QED) is 0.864. The maximum Gasteiger partial charge on any atom is 0.389 e. The number of carbonyl (C=O) groups excluding carboxylic acids is 2. The number of anilines is 1. The van der Waals surface area contributed by atoms with Crippen molar-refractivity contribution in [1.29, 1.82) is 0 Å². The number of para-hydroxylation sites is 1. The molecule has 0 radical (unpaired) electrons. The molecule has 132 valence electrons. The van der Waals surface area contributed by atoms with Gasteiger partial charge in [0.15, 0.2) is 0 Å². The van der Waals surface area contributed by atoms with Crippen molar-refractivity contribution < 1.29 is 22.8 Å². The molecular weight excluding hydrogens is 323 g/mol. The number of hydrogen-bond donors (Lipinski definition) is 2. The first-order chi connectivity index (χ1) is 11.3. The van der Waals surface area contributed by atoms with Gasteiger partial charge in [-0.15, -0.1) is 0 Å². The molecule has 1 heterocycles. The Kier molecular flexibility index (Phi) is 5.69. The van der Waals surface area contributed by atoms with Gasteiger partial charge in [0.2, 0.25) is 5.91 Å². The smallest absolute Gasteiger partial charge is 0.356 e. The van der Waals surface area contributed by atoms with Crippen LogP contribution in [0.15, 0.2) is 24.3 Å². The number of aryl methyl sites for hydroxylation is 1. The summed E-state index contributed by atoms with van der Waals surface area (Å²) in [4.78, 5) is 25.2. The molecule has 1 saturated heterocycles. The molecule has 0 aromatic heterocycles. The summed E-state index contributed by atoms with van der Waals surface area (Å²) in [5.74, 6) is -0.316. The molecule has 2 N–H and O–H groups in total. The number of carbonyl (C=O) groups is 2. The average molecular weight is 343 g/mol. The third-order valence-corrected chi connectivity index (χ3v) is 3.83. The molecule has 0 spiro atoms. The molecule has 1 aliphatic rings. The first-order valence-corrected chi connectivity index (χ1v) is 7.78. The lowest BCUT2D eigenvalue weighted by molar-refractivity contribution is -0.134. The molecule has 1 aromatic rings. The largest absolute Gasteiger partial charge is 0.389 e. The van der Waals surface area contributed by atoms with Gasteiger partial charge in [-0.3, -0.25) is 4.79 Å². The van der Waals surface area contributed by atoms with Crippen molar-refractivity contribution in [2.75, 3.05) is 25.0 Å². The minimum absolute atomic E-state index is 0.0906. The van der Waals surface area contributed by atoms with Crippen molar-refractivity contribution in [3.8, 4) is 0 Å². The molecule has 1 aromatic carbocycles. The van der Waals surface area contributed by atoms with Gasteiger partial charge in [-0.05, 0) is 25.0 Å². The Labute approximate surface area is 138 Å². The van der Waals surface area contributed by atoms with Gasteiger partial charge >= 0.3 is 12.2 Å². The van der Waals surface area contributed by atoms with E-state index in [0.29, 0.717) is 30.9 Å². The van der Waals surface area contributed by atoms with Crippen LogP contribution in [0.2, 0.25) is 0 Å². The Morgan fingerprint density at radius 2 is 1.92 bits per heavy atom. The molecule has 0 bridgehead atoms. The molecule has 8 heteroatoms. The summed E-state index contributed by atoms with van der Waals surface area (Å²) >= 11 is 0. The van der Waals surface area contributed by atoms with E-state index in [1.165, 1.54) is 4.90 Å². The molecule has 0 aliphatic carbocycles. The van der Waals surface area contributed by atoms with E-state index in [0.717, 1.165) is 0 Å². The number of likely N-dealkylation sites (tertiary alicyclic amines) is 1. The molecule has 1 aliphatic heterocycles.